The molecule has 0 aromatic heterocycles. The van der Waals surface area contributed by atoms with E-state index in [1.165, 1.54) is 0 Å². The maximum absolute atomic E-state index is 11.8. The summed E-state index contributed by atoms with van der Waals surface area (Å²) in [7, 11) is 1.60. The second-order valence-electron chi connectivity index (χ2n) is 4.14. The number of nitrogens with one attached hydrogen (secondary N) is 2. The summed E-state index contributed by atoms with van der Waals surface area (Å²) in [6.45, 7) is 0.176. The SMILES string of the molecule is COc1cccc(NCC(=O)Nc2ccc(Cl)cc2)c1. The van der Waals surface area contributed by atoms with Crippen molar-refractivity contribution in [2.45, 2.75) is 0 Å². The number of rotatable bonds is 5. The average molecular weight is 291 g/mol. The van der Waals surface area contributed by atoms with Crippen molar-refractivity contribution in [1.82, 2.24) is 0 Å². The first-order valence-electron chi connectivity index (χ1n) is 6.11. The van der Waals surface area contributed by atoms with Crippen molar-refractivity contribution in [3.05, 3.63) is 53.6 Å². The van der Waals surface area contributed by atoms with Gasteiger partial charge in [-0.05, 0) is 36.4 Å². The standard InChI is InChI=1S/C15H15ClN2O2/c1-20-14-4-2-3-13(9-14)17-10-15(19)18-12-7-5-11(16)6-8-12/h2-9,17H,10H2,1H3,(H,18,19). The van der Waals surface area contributed by atoms with Crippen molar-refractivity contribution in [3.63, 3.8) is 0 Å². The van der Waals surface area contributed by atoms with Crippen LogP contribution in [0, 0.1) is 0 Å². The van der Waals surface area contributed by atoms with Gasteiger partial charge in [-0.3, -0.25) is 4.79 Å². The molecule has 0 saturated heterocycles. The van der Waals surface area contributed by atoms with E-state index in [4.69, 9.17) is 16.3 Å². The van der Waals surface area contributed by atoms with Crippen LogP contribution in [0.2, 0.25) is 5.02 Å². The first kappa shape index (κ1) is 14.2. The van der Waals surface area contributed by atoms with Crippen LogP contribution < -0.4 is 15.4 Å². The lowest BCUT2D eigenvalue weighted by Crippen LogP contribution is -2.21. The van der Waals surface area contributed by atoms with Crippen molar-refractivity contribution < 1.29 is 9.53 Å². The molecular weight excluding hydrogens is 276 g/mol. The van der Waals surface area contributed by atoms with Gasteiger partial charge in [0.05, 0.1) is 13.7 Å². The van der Waals surface area contributed by atoms with Gasteiger partial charge in [0.25, 0.3) is 0 Å². The van der Waals surface area contributed by atoms with Crippen LogP contribution in [0.4, 0.5) is 11.4 Å². The van der Waals surface area contributed by atoms with Gasteiger partial charge in [-0.1, -0.05) is 17.7 Å². The van der Waals surface area contributed by atoms with Gasteiger partial charge in [0.15, 0.2) is 0 Å². The van der Waals surface area contributed by atoms with E-state index in [2.05, 4.69) is 10.6 Å². The van der Waals surface area contributed by atoms with Crippen LogP contribution in [0.1, 0.15) is 0 Å². The number of halogens is 1. The third-order valence-electron chi connectivity index (χ3n) is 2.65. The summed E-state index contributed by atoms with van der Waals surface area (Å²) in [4.78, 5) is 11.8. The van der Waals surface area contributed by atoms with Crippen LogP contribution in [0.25, 0.3) is 0 Å². The lowest BCUT2D eigenvalue weighted by atomic mass is 10.3. The Morgan fingerprint density at radius 3 is 2.60 bits per heavy atom. The molecule has 5 heteroatoms. The summed E-state index contributed by atoms with van der Waals surface area (Å²) in [5, 5.41) is 6.45. The maximum Gasteiger partial charge on any atom is 0.243 e. The highest BCUT2D eigenvalue weighted by atomic mass is 35.5. The van der Waals surface area contributed by atoms with Gasteiger partial charge in [0.2, 0.25) is 5.91 Å². The molecule has 0 heterocycles. The van der Waals surface area contributed by atoms with E-state index in [0.29, 0.717) is 10.7 Å². The third kappa shape index (κ3) is 4.17. The molecule has 2 N–H and O–H groups in total. The molecule has 0 atom stereocenters. The molecule has 20 heavy (non-hydrogen) atoms. The Balaban J connectivity index is 1.87. The summed E-state index contributed by atoms with van der Waals surface area (Å²) < 4.78 is 5.12. The number of hydrogen-bond donors (Lipinski definition) is 2. The zero-order valence-corrected chi connectivity index (χ0v) is 11.8. The zero-order valence-electron chi connectivity index (χ0n) is 11.0. The molecule has 1 amide bonds. The van der Waals surface area contributed by atoms with E-state index in [0.717, 1.165) is 11.4 Å². The van der Waals surface area contributed by atoms with Gasteiger partial charge >= 0.3 is 0 Å². The predicted octanol–water partition coefficient (Wildman–Crippen LogP) is 3.40. The smallest absolute Gasteiger partial charge is 0.243 e. The molecule has 0 fully saturated rings. The first-order valence-corrected chi connectivity index (χ1v) is 6.48. The number of ether oxygens (including phenoxy) is 1. The van der Waals surface area contributed by atoms with E-state index in [-0.39, 0.29) is 12.5 Å². The van der Waals surface area contributed by atoms with Crippen molar-refractivity contribution in [2.75, 3.05) is 24.3 Å². The Hall–Kier alpha value is -2.20. The van der Waals surface area contributed by atoms with Crippen molar-refractivity contribution in [2.24, 2.45) is 0 Å². The highest BCUT2D eigenvalue weighted by molar-refractivity contribution is 6.30. The van der Waals surface area contributed by atoms with Crippen LogP contribution in [0.15, 0.2) is 48.5 Å². The molecule has 104 valence electrons. The minimum absolute atomic E-state index is 0.129. The quantitative estimate of drug-likeness (QED) is 0.887. The second kappa shape index (κ2) is 6.82. The van der Waals surface area contributed by atoms with Crippen LogP contribution in [-0.4, -0.2) is 19.6 Å². The fourth-order valence-electron chi connectivity index (χ4n) is 1.65. The average Bonchev–Trinajstić information content (AvgIpc) is 2.48. The Morgan fingerprint density at radius 1 is 1.15 bits per heavy atom. The number of carbonyl (C=O) groups excluding carboxylic acids is 1. The molecule has 0 aliphatic carbocycles. The zero-order chi connectivity index (χ0) is 14.4. The lowest BCUT2D eigenvalue weighted by molar-refractivity contribution is -0.114. The highest BCUT2D eigenvalue weighted by Gasteiger charge is 2.02. The Morgan fingerprint density at radius 2 is 1.90 bits per heavy atom. The van der Waals surface area contributed by atoms with E-state index in [1.807, 2.05) is 24.3 Å². The normalized spacial score (nSPS) is 9.90. The molecule has 0 radical (unpaired) electrons. The molecule has 2 aromatic carbocycles. The predicted molar refractivity (Wildman–Crippen MR) is 81.6 cm³/mol. The summed E-state index contributed by atoms with van der Waals surface area (Å²) in [6, 6.07) is 14.4. The summed E-state index contributed by atoms with van der Waals surface area (Å²) in [5.41, 5.74) is 1.54. The van der Waals surface area contributed by atoms with E-state index >= 15 is 0 Å². The summed E-state index contributed by atoms with van der Waals surface area (Å²) >= 11 is 5.78. The molecule has 0 unspecified atom stereocenters. The Bertz CT molecular complexity index is 585. The number of methoxy groups -OCH3 is 1. The molecule has 0 aliphatic rings. The maximum atomic E-state index is 11.8. The van der Waals surface area contributed by atoms with Gasteiger partial charge in [0.1, 0.15) is 5.75 Å². The third-order valence-corrected chi connectivity index (χ3v) is 2.90. The molecule has 0 bridgehead atoms. The van der Waals surface area contributed by atoms with E-state index < -0.39 is 0 Å². The number of anilines is 2. The minimum Gasteiger partial charge on any atom is -0.497 e. The minimum atomic E-state index is -0.129. The van der Waals surface area contributed by atoms with E-state index in [9.17, 15) is 4.79 Å². The monoisotopic (exact) mass is 290 g/mol. The van der Waals surface area contributed by atoms with Crippen molar-refractivity contribution in [3.8, 4) is 5.75 Å². The van der Waals surface area contributed by atoms with E-state index in [1.54, 1.807) is 31.4 Å². The van der Waals surface area contributed by atoms with Gasteiger partial charge in [-0.2, -0.15) is 0 Å². The molecule has 2 rings (SSSR count). The summed E-state index contributed by atoms with van der Waals surface area (Å²) in [5.74, 6) is 0.614. The van der Waals surface area contributed by atoms with Crippen LogP contribution in [-0.2, 0) is 4.79 Å². The van der Waals surface area contributed by atoms with Gasteiger partial charge in [0, 0.05) is 22.5 Å². The van der Waals surface area contributed by atoms with Crippen LogP contribution >= 0.6 is 11.6 Å². The van der Waals surface area contributed by atoms with Gasteiger partial charge in [-0.15, -0.1) is 0 Å². The molecular formula is C15H15ClN2O2. The second-order valence-corrected chi connectivity index (χ2v) is 4.58. The number of amides is 1. The topological polar surface area (TPSA) is 50.4 Å². The molecule has 4 nitrogen and oxygen atoms in total. The Labute approximate surface area is 122 Å². The number of benzene rings is 2. The molecule has 0 spiro atoms. The number of hydrogen-bond acceptors (Lipinski definition) is 3. The number of carbonyl (C=O) groups is 1. The Kier molecular flexibility index (Phi) is 4.85. The van der Waals surface area contributed by atoms with Crippen molar-refractivity contribution in [1.29, 1.82) is 0 Å². The van der Waals surface area contributed by atoms with Gasteiger partial charge < -0.3 is 15.4 Å². The highest BCUT2D eigenvalue weighted by Crippen LogP contribution is 2.16. The van der Waals surface area contributed by atoms with Crippen LogP contribution in [0.3, 0.4) is 0 Å². The van der Waals surface area contributed by atoms with Crippen LogP contribution in [0.5, 0.6) is 5.75 Å². The summed E-state index contributed by atoms with van der Waals surface area (Å²) in [6.07, 6.45) is 0. The molecule has 2 aromatic rings. The van der Waals surface area contributed by atoms with Gasteiger partial charge in [-0.25, -0.2) is 0 Å². The largest absolute Gasteiger partial charge is 0.497 e. The molecule has 0 aliphatic heterocycles. The van der Waals surface area contributed by atoms with Crippen molar-refractivity contribution >= 4 is 28.9 Å². The molecule has 0 saturated carbocycles. The first-order chi connectivity index (χ1) is 9.67. The lowest BCUT2D eigenvalue weighted by Gasteiger charge is -2.09. The fourth-order valence-corrected chi connectivity index (χ4v) is 1.78. The fraction of sp³-hybridized carbons (Fsp3) is 0.133.